The number of benzene rings is 1. The van der Waals surface area contributed by atoms with Gasteiger partial charge in [0.25, 0.3) is 0 Å². The number of pyridine rings is 1. The molecule has 1 nitrogen and oxygen atoms in total. The molecule has 0 unspecified atom stereocenters. The van der Waals surface area contributed by atoms with E-state index in [-0.39, 0.29) is 0 Å². The summed E-state index contributed by atoms with van der Waals surface area (Å²) in [6.07, 6.45) is 1.75. The van der Waals surface area contributed by atoms with Gasteiger partial charge in [-0.25, -0.2) is 0 Å². The Morgan fingerprint density at radius 3 is 2.71 bits per heavy atom. The lowest BCUT2D eigenvalue weighted by molar-refractivity contribution is 1.33. The molecule has 14 heavy (non-hydrogen) atoms. The zero-order valence-electron chi connectivity index (χ0n) is 7.31. The first kappa shape index (κ1) is 10.2. The second-order valence-electron chi connectivity index (χ2n) is 3.04. The Balaban J connectivity index is 2.95. The maximum absolute atomic E-state index is 6.15. The SMILES string of the molecule is Cc1cnc2c(Br)cc(Cl)cc2c1Cl. The fourth-order valence-corrected chi connectivity index (χ4v) is 2.40. The van der Waals surface area contributed by atoms with Crippen LogP contribution in [0, 0.1) is 6.92 Å². The predicted molar refractivity (Wildman–Crippen MR) is 64.2 cm³/mol. The van der Waals surface area contributed by atoms with Gasteiger partial charge in [0, 0.05) is 21.1 Å². The number of aromatic nitrogens is 1. The third kappa shape index (κ3) is 1.62. The number of hydrogen-bond donors (Lipinski definition) is 0. The summed E-state index contributed by atoms with van der Waals surface area (Å²) in [5, 5.41) is 2.24. The second kappa shape index (κ2) is 3.69. The van der Waals surface area contributed by atoms with Gasteiger partial charge in [-0.15, -0.1) is 0 Å². The van der Waals surface area contributed by atoms with Crippen LogP contribution >= 0.6 is 39.1 Å². The van der Waals surface area contributed by atoms with Crippen LogP contribution in [0.15, 0.2) is 22.8 Å². The van der Waals surface area contributed by atoms with E-state index in [4.69, 9.17) is 23.2 Å². The summed E-state index contributed by atoms with van der Waals surface area (Å²) in [5.74, 6) is 0. The third-order valence-electron chi connectivity index (χ3n) is 2.00. The van der Waals surface area contributed by atoms with Gasteiger partial charge in [-0.1, -0.05) is 23.2 Å². The summed E-state index contributed by atoms with van der Waals surface area (Å²) in [6.45, 7) is 1.92. The Hall–Kier alpha value is -0.310. The quantitative estimate of drug-likeness (QED) is 0.690. The van der Waals surface area contributed by atoms with Crippen molar-refractivity contribution in [2.45, 2.75) is 6.92 Å². The molecular formula is C10H6BrCl2N. The number of hydrogen-bond acceptors (Lipinski definition) is 1. The van der Waals surface area contributed by atoms with Crippen molar-refractivity contribution in [3.05, 3.63) is 38.4 Å². The van der Waals surface area contributed by atoms with Gasteiger partial charge in [0.2, 0.25) is 0 Å². The van der Waals surface area contributed by atoms with Crippen LogP contribution in [0.1, 0.15) is 5.56 Å². The molecule has 1 heterocycles. The molecule has 0 amide bonds. The number of nitrogens with zero attached hydrogens (tertiary/aromatic N) is 1. The first-order valence-electron chi connectivity index (χ1n) is 3.99. The highest BCUT2D eigenvalue weighted by Crippen LogP contribution is 2.32. The van der Waals surface area contributed by atoms with Gasteiger partial charge < -0.3 is 0 Å². The van der Waals surface area contributed by atoms with Crippen LogP contribution in [-0.2, 0) is 0 Å². The molecule has 0 fully saturated rings. The van der Waals surface area contributed by atoms with E-state index in [2.05, 4.69) is 20.9 Å². The lowest BCUT2D eigenvalue weighted by Crippen LogP contribution is -1.85. The van der Waals surface area contributed by atoms with Crippen molar-refractivity contribution in [1.82, 2.24) is 4.98 Å². The highest BCUT2D eigenvalue weighted by atomic mass is 79.9. The Morgan fingerprint density at radius 2 is 2.00 bits per heavy atom. The minimum Gasteiger partial charge on any atom is -0.255 e. The summed E-state index contributed by atoms with van der Waals surface area (Å²) < 4.78 is 0.863. The molecule has 0 aliphatic rings. The number of halogens is 3. The molecule has 0 aliphatic heterocycles. The van der Waals surface area contributed by atoms with E-state index in [1.54, 1.807) is 6.20 Å². The van der Waals surface area contributed by atoms with Crippen LogP contribution in [0.3, 0.4) is 0 Å². The molecule has 2 rings (SSSR count). The minimum absolute atomic E-state index is 0.652. The molecule has 0 N–H and O–H groups in total. The van der Waals surface area contributed by atoms with Gasteiger partial charge in [-0.3, -0.25) is 4.98 Å². The molecule has 72 valence electrons. The van der Waals surface area contributed by atoms with Gasteiger partial charge in [0.15, 0.2) is 0 Å². The van der Waals surface area contributed by atoms with Crippen LogP contribution in [-0.4, -0.2) is 4.98 Å². The minimum atomic E-state index is 0.652. The van der Waals surface area contributed by atoms with Crippen molar-refractivity contribution in [2.24, 2.45) is 0 Å². The Morgan fingerprint density at radius 1 is 1.29 bits per heavy atom. The van der Waals surface area contributed by atoms with E-state index >= 15 is 0 Å². The van der Waals surface area contributed by atoms with Crippen molar-refractivity contribution in [1.29, 1.82) is 0 Å². The number of rotatable bonds is 0. The molecule has 0 spiro atoms. The Kier molecular flexibility index (Phi) is 2.69. The van der Waals surface area contributed by atoms with E-state index in [0.29, 0.717) is 10.0 Å². The van der Waals surface area contributed by atoms with Gasteiger partial charge in [0.05, 0.1) is 10.5 Å². The van der Waals surface area contributed by atoms with E-state index in [1.807, 2.05) is 19.1 Å². The van der Waals surface area contributed by atoms with Gasteiger partial charge in [-0.05, 0) is 40.5 Å². The summed E-state index contributed by atoms with van der Waals surface area (Å²) in [7, 11) is 0. The molecule has 0 saturated carbocycles. The fraction of sp³-hybridized carbons (Fsp3) is 0.100. The highest BCUT2D eigenvalue weighted by molar-refractivity contribution is 9.10. The van der Waals surface area contributed by atoms with Crippen LogP contribution < -0.4 is 0 Å². The monoisotopic (exact) mass is 289 g/mol. The maximum atomic E-state index is 6.15. The van der Waals surface area contributed by atoms with Crippen LogP contribution in [0.5, 0.6) is 0 Å². The topological polar surface area (TPSA) is 12.9 Å². The van der Waals surface area contributed by atoms with Crippen LogP contribution in [0.2, 0.25) is 10.0 Å². The molecule has 0 saturated heterocycles. The molecule has 0 atom stereocenters. The lowest BCUT2D eigenvalue weighted by Gasteiger charge is -2.05. The molecule has 1 aromatic heterocycles. The zero-order chi connectivity index (χ0) is 10.3. The first-order chi connectivity index (χ1) is 6.59. The number of fused-ring (bicyclic) bond motifs is 1. The summed E-state index contributed by atoms with van der Waals surface area (Å²) in [5.41, 5.74) is 1.79. The second-order valence-corrected chi connectivity index (χ2v) is 4.71. The molecule has 1 aromatic carbocycles. The average molecular weight is 291 g/mol. The van der Waals surface area contributed by atoms with Crippen molar-refractivity contribution in [3.8, 4) is 0 Å². The average Bonchev–Trinajstić information content (AvgIpc) is 2.12. The fourth-order valence-electron chi connectivity index (χ4n) is 1.29. The summed E-state index contributed by atoms with van der Waals surface area (Å²) in [4.78, 5) is 4.29. The summed E-state index contributed by atoms with van der Waals surface area (Å²) in [6, 6.07) is 3.63. The van der Waals surface area contributed by atoms with Crippen molar-refractivity contribution < 1.29 is 0 Å². The highest BCUT2D eigenvalue weighted by Gasteiger charge is 2.07. The van der Waals surface area contributed by atoms with Crippen molar-refractivity contribution in [3.63, 3.8) is 0 Å². The van der Waals surface area contributed by atoms with Crippen molar-refractivity contribution in [2.75, 3.05) is 0 Å². The van der Waals surface area contributed by atoms with Crippen LogP contribution in [0.25, 0.3) is 10.9 Å². The molecule has 2 aromatic rings. The van der Waals surface area contributed by atoms with Gasteiger partial charge in [-0.2, -0.15) is 0 Å². The molecule has 0 bridgehead atoms. The smallest absolute Gasteiger partial charge is 0.0860 e. The zero-order valence-corrected chi connectivity index (χ0v) is 10.4. The molecule has 0 radical (unpaired) electrons. The molecule has 0 aliphatic carbocycles. The molecule has 4 heteroatoms. The summed E-state index contributed by atoms with van der Waals surface area (Å²) >= 11 is 15.5. The Labute approximate surface area is 100 Å². The van der Waals surface area contributed by atoms with E-state index < -0.39 is 0 Å². The van der Waals surface area contributed by atoms with Gasteiger partial charge >= 0.3 is 0 Å². The lowest BCUT2D eigenvalue weighted by atomic mass is 10.2. The van der Waals surface area contributed by atoms with E-state index in [0.717, 1.165) is 20.9 Å². The van der Waals surface area contributed by atoms with E-state index in [1.165, 1.54) is 0 Å². The molecular weight excluding hydrogens is 285 g/mol. The third-order valence-corrected chi connectivity index (χ3v) is 3.32. The van der Waals surface area contributed by atoms with E-state index in [9.17, 15) is 0 Å². The first-order valence-corrected chi connectivity index (χ1v) is 5.54. The predicted octanol–water partition coefficient (Wildman–Crippen LogP) is 4.61. The van der Waals surface area contributed by atoms with Gasteiger partial charge in [0.1, 0.15) is 0 Å². The normalized spacial score (nSPS) is 10.9. The van der Waals surface area contributed by atoms with Crippen molar-refractivity contribution >= 4 is 50.0 Å². The largest absolute Gasteiger partial charge is 0.255 e. The van der Waals surface area contributed by atoms with Crippen LogP contribution in [0.4, 0.5) is 0 Å². The maximum Gasteiger partial charge on any atom is 0.0860 e. The number of aryl methyl sites for hydroxylation is 1. The standard InChI is InChI=1S/C10H6BrCl2N/c1-5-4-14-10-7(9(5)13)2-6(12)3-8(10)11/h2-4H,1H3. The Bertz CT molecular complexity index is 511.